The van der Waals surface area contributed by atoms with Crippen LogP contribution in [0.3, 0.4) is 0 Å². The molecule has 2 aromatic rings. The van der Waals surface area contributed by atoms with Crippen LogP contribution < -0.4 is 9.47 Å². The van der Waals surface area contributed by atoms with Crippen molar-refractivity contribution in [2.24, 2.45) is 0 Å². The van der Waals surface area contributed by atoms with E-state index in [1.807, 2.05) is 0 Å². The van der Waals surface area contributed by atoms with Crippen LogP contribution >= 0.6 is 23.2 Å². The first-order chi connectivity index (χ1) is 13.5. The molecule has 8 heteroatoms. The van der Waals surface area contributed by atoms with E-state index in [-0.39, 0.29) is 18.4 Å². The van der Waals surface area contributed by atoms with Gasteiger partial charge in [-0.15, -0.1) is 0 Å². The van der Waals surface area contributed by atoms with Gasteiger partial charge < -0.3 is 19.3 Å². The molecule has 2 amide bonds. The predicted molar refractivity (Wildman–Crippen MR) is 107 cm³/mol. The maximum atomic E-state index is 12.6. The number of carbonyl (C=O) groups excluding carboxylic acids is 2. The number of hydrogen-bond acceptors (Lipinski definition) is 4. The van der Waals surface area contributed by atoms with E-state index in [9.17, 15) is 9.59 Å². The largest absolute Gasteiger partial charge is 0.497 e. The SMILES string of the molecule is COc1cccc(C(=O)N2CCN(C(=O)COc3cc(Cl)ccc3Cl)CC2)c1. The molecule has 1 heterocycles. The Kier molecular flexibility index (Phi) is 6.65. The Bertz CT molecular complexity index is 867. The van der Waals surface area contributed by atoms with Crippen LogP contribution in [0.2, 0.25) is 10.0 Å². The minimum atomic E-state index is -0.162. The van der Waals surface area contributed by atoms with Gasteiger partial charge in [0.05, 0.1) is 12.1 Å². The van der Waals surface area contributed by atoms with Crippen molar-refractivity contribution in [3.05, 3.63) is 58.1 Å². The highest BCUT2D eigenvalue weighted by Crippen LogP contribution is 2.27. The van der Waals surface area contributed by atoms with Crippen molar-refractivity contribution in [1.82, 2.24) is 9.80 Å². The number of methoxy groups -OCH3 is 1. The molecule has 1 aliphatic heterocycles. The number of halogens is 2. The summed E-state index contributed by atoms with van der Waals surface area (Å²) in [4.78, 5) is 28.4. The summed E-state index contributed by atoms with van der Waals surface area (Å²) >= 11 is 12.0. The molecule has 0 saturated carbocycles. The van der Waals surface area contributed by atoms with Gasteiger partial charge in [0.15, 0.2) is 6.61 Å². The maximum Gasteiger partial charge on any atom is 0.260 e. The molecule has 3 rings (SSSR count). The molecular formula is C20H20Cl2N2O4. The molecule has 0 atom stereocenters. The summed E-state index contributed by atoms with van der Waals surface area (Å²) < 4.78 is 10.7. The Labute approximate surface area is 173 Å². The average Bonchev–Trinajstić information content (AvgIpc) is 2.73. The molecule has 0 aliphatic carbocycles. The van der Waals surface area contributed by atoms with Gasteiger partial charge in [0.1, 0.15) is 11.5 Å². The van der Waals surface area contributed by atoms with Gasteiger partial charge >= 0.3 is 0 Å². The molecule has 0 spiro atoms. The van der Waals surface area contributed by atoms with E-state index in [2.05, 4.69) is 0 Å². The quantitative estimate of drug-likeness (QED) is 0.740. The molecule has 0 N–H and O–H groups in total. The average molecular weight is 423 g/mol. The first kappa shape index (κ1) is 20.3. The standard InChI is InChI=1S/C20H20Cl2N2O4/c1-27-16-4-2-3-14(11-16)20(26)24-9-7-23(8-10-24)19(25)13-28-18-12-15(21)5-6-17(18)22/h2-6,11-12H,7-10,13H2,1H3. The van der Waals surface area contributed by atoms with Crippen LogP contribution in [0.4, 0.5) is 0 Å². The van der Waals surface area contributed by atoms with Crippen molar-refractivity contribution in [3.63, 3.8) is 0 Å². The van der Waals surface area contributed by atoms with Crippen LogP contribution in [0.15, 0.2) is 42.5 Å². The fraction of sp³-hybridized carbons (Fsp3) is 0.300. The predicted octanol–water partition coefficient (Wildman–Crippen LogP) is 3.37. The first-order valence-corrected chi connectivity index (χ1v) is 9.52. The Morgan fingerprint density at radius 1 is 1.00 bits per heavy atom. The van der Waals surface area contributed by atoms with Crippen LogP contribution in [-0.4, -0.2) is 61.5 Å². The number of ether oxygens (including phenoxy) is 2. The monoisotopic (exact) mass is 422 g/mol. The summed E-state index contributed by atoms with van der Waals surface area (Å²) in [6, 6.07) is 11.9. The van der Waals surface area contributed by atoms with Crippen molar-refractivity contribution in [2.45, 2.75) is 0 Å². The summed E-state index contributed by atoms with van der Waals surface area (Å²) in [7, 11) is 1.56. The maximum absolute atomic E-state index is 12.6. The third-order valence-corrected chi connectivity index (χ3v) is 5.03. The van der Waals surface area contributed by atoms with Crippen molar-refractivity contribution < 1.29 is 19.1 Å². The van der Waals surface area contributed by atoms with Crippen molar-refractivity contribution in [1.29, 1.82) is 0 Å². The minimum Gasteiger partial charge on any atom is -0.497 e. The molecule has 2 aromatic carbocycles. The van der Waals surface area contributed by atoms with Crippen LogP contribution in [0.1, 0.15) is 10.4 Å². The fourth-order valence-corrected chi connectivity index (χ4v) is 3.25. The van der Waals surface area contributed by atoms with Crippen LogP contribution in [-0.2, 0) is 4.79 Å². The Morgan fingerprint density at radius 2 is 1.71 bits per heavy atom. The van der Waals surface area contributed by atoms with Crippen LogP contribution in [0.25, 0.3) is 0 Å². The number of nitrogens with zero attached hydrogens (tertiary/aromatic N) is 2. The minimum absolute atomic E-state index is 0.0760. The lowest BCUT2D eigenvalue weighted by Crippen LogP contribution is -2.51. The molecule has 1 fully saturated rings. The van der Waals surface area contributed by atoms with Crippen molar-refractivity contribution in [2.75, 3.05) is 39.9 Å². The lowest BCUT2D eigenvalue weighted by atomic mass is 10.1. The molecule has 0 radical (unpaired) electrons. The fourth-order valence-electron chi connectivity index (χ4n) is 2.92. The molecule has 1 saturated heterocycles. The van der Waals surface area contributed by atoms with Gasteiger partial charge in [0.2, 0.25) is 0 Å². The summed E-state index contributed by atoms with van der Waals surface area (Å²) in [5, 5.41) is 0.877. The number of rotatable bonds is 5. The van der Waals surface area contributed by atoms with Gasteiger partial charge in [-0.3, -0.25) is 9.59 Å². The molecule has 0 unspecified atom stereocenters. The molecule has 28 heavy (non-hydrogen) atoms. The lowest BCUT2D eigenvalue weighted by molar-refractivity contribution is -0.134. The van der Waals surface area contributed by atoms with E-state index >= 15 is 0 Å². The summed E-state index contributed by atoms with van der Waals surface area (Å²) in [6.07, 6.45) is 0. The zero-order chi connectivity index (χ0) is 20.1. The highest BCUT2D eigenvalue weighted by Gasteiger charge is 2.25. The van der Waals surface area contributed by atoms with Gasteiger partial charge in [-0.2, -0.15) is 0 Å². The van der Waals surface area contributed by atoms with Gasteiger partial charge in [-0.1, -0.05) is 29.3 Å². The number of carbonyl (C=O) groups is 2. The van der Waals surface area contributed by atoms with E-state index in [1.165, 1.54) is 0 Å². The summed E-state index contributed by atoms with van der Waals surface area (Å²) in [6.45, 7) is 1.67. The molecule has 148 valence electrons. The van der Waals surface area contributed by atoms with E-state index in [0.717, 1.165) is 0 Å². The smallest absolute Gasteiger partial charge is 0.260 e. The van der Waals surface area contributed by atoms with Crippen molar-refractivity contribution in [3.8, 4) is 11.5 Å². The highest BCUT2D eigenvalue weighted by molar-refractivity contribution is 6.34. The van der Waals surface area contributed by atoms with Gasteiger partial charge in [-0.05, 0) is 30.3 Å². The molecule has 1 aliphatic rings. The first-order valence-electron chi connectivity index (χ1n) is 8.77. The Hall–Kier alpha value is -2.44. The Morgan fingerprint density at radius 3 is 2.43 bits per heavy atom. The van der Waals surface area contributed by atoms with Crippen LogP contribution in [0.5, 0.6) is 11.5 Å². The highest BCUT2D eigenvalue weighted by atomic mass is 35.5. The van der Waals surface area contributed by atoms with E-state index in [1.54, 1.807) is 59.4 Å². The number of benzene rings is 2. The molecular weight excluding hydrogens is 403 g/mol. The van der Waals surface area contributed by atoms with Crippen LogP contribution in [0, 0.1) is 0 Å². The molecule has 0 bridgehead atoms. The third kappa shape index (κ3) is 4.88. The molecule has 6 nitrogen and oxygen atoms in total. The topological polar surface area (TPSA) is 59.1 Å². The van der Waals surface area contributed by atoms with Crippen molar-refractivity contribution >= 4 is 35.0 Å². The molecule has 0 aromatic heterocycles. The third-order valence-electron chi connectivity index (χ3n) is 4.48. The summed E-state index contributed by atoms with van der Waals surface area (Å²) in [5.41, 5.74) is 0.568. The van der Waals surface area contributed by atoms with Gasteiger partial charge in [0, 0.05) is 42.8 Å². The Balaban J connectivity index is 1.52. The lowest BCUT2D eigenvalue weighted by Gasteiger charge is -2.34. The van der Waals surface area contributed by atoms with Gasteiger partial charge in [0.25, 0.3) is 11.8 Å². The second kappa shape index (κ2) is 9.17. The van der Waals surface area contributed by atoms with Gasteiger partial charge in [-0.25, -0.2) is 0 Å². The normalized spacial score (nSPS) is 14.0. The zero-order valence-corrected chi connectivity index (χ0v) is 16.9. The van der Waals surface area contributed by atoms with E-state index in [0.29, 0.717) is 53.3 Å². The number of amides is 2. The van der Waals surface area contributed by atoms with E-state index < -0.39 is 0 Å². The second-order valence-corrected chi connectivity index (χ2v) is 7.11. The van der Waals surface area contributed by atoms with E-state index in [4.69, 9.17) is 32.7 Å². The summed E-state index contributed by atoms with van der Waals surface area (Å²) in [5.74, 6) is 0.767. The number of piperazine rings is 1. The zero-order valence-electron chi connectivity index (χ0n) is 15.4. The second-order valence-electron chi connectivity index (χ2n) is 6.27. The number of hydrogen-bond donors (Lipinski definition) is 0.